The fourth-order valence-corrected chi connectivity index (χ4v) is 2.61. The van der Waals surface area contributed by atoms with E-state index in [1.54, 1.807) is 0 Å². The highest BCUT2D eigenvalue weighted by Crippen LogP contribution is 2.27. The Labute approximate surface area is 140 Å². The molecule has 0 radical (unpaired) electrons. The van der Waals surface area contributed by atoms with E-state index in [0.29, 0.717) is 0 Å². The molecule has 2 rings (SSSR count). The van der Waals surface area contributed by atoms with Crippen LogP contribution in [0.3, 0.4) is 0 Å². The van der Waals surface area contributed by atoms with Crippen molar-refractivity contribution in [3.05, 3.63) is 52.0 Å². The minimum Gasteiger partial charge on any atom is -0.394 e. The minimum atomic E-state index is -4.54. The lowest BCUT2D eigenvalue weighted by atomic mass is 10.2. The minimum absolute atomic E-state index is 0.0224. The fourth-order valence-electron chi connectivity index (χ4n) is 1.91. The smallest absolute Gasteiger partial charge is 0.394 e. The number of hydrogen-bond donors (Lipinski definition) is 2. The summed E-state index contributed by atoms with van der Waals surface area (Å²) in [6.45, 7) is 0.0756. The highest BCUT2D eigenvalue weighted by atomic mass is 32.1. The third kappa shape index (κ3) is 5.02. The van der Waals surface area contributed by atoms with Gasteiger partial charge in [0.1, 0.15) is 11.8 Å². The molecule has 1 unspecified atom stereocenters. The topological polar surface area (TPSA) is 71.5 Å². The van der Waals surface area contributed by atoms with Crippen LogP contribution < -0.4 is 5.32 Å². The van der Waals surface area contributed by atoms with Crippen molar-refractivity contribution in [3.8, 4) is 0 Å². The molecule has 0 saturated heterocycles. The van der Waals surface area contributed by atoms with Gasteiger partial charge in [0.2, 0.25) is 0 Å². The predicted molar refractivity (Wildman–Crippen MR) is 81.7 cm³/mol. The molecule has 5 nitrogen and oxygen atoms in total. The van der Waals surface area contributed by atoms with E-state index in [2.05, 4.69) is 10.3 Å². The van der Waals surface area contributed by atoms with Gasteiger partial charge in [-0.2, -0.15) is 24.5 Å². The number of pyridine rings is 1. The van der Waals surface area contributed by atoms with Crippen LogP contribution in [-0.2, 0) is 10.9 Å². The zero-order valence-corrected chi connectivity index (χ0v) is 13.2. The lowest BCUT2D eigenvalue weighted by Crippen LogP contribution is -2.30. The molecule has 1 amide bonds. The molecule has 0 aromatic carbocycles. The zero-order valence-electron chi connectivity index (χ0n) is 12.4. The molecule has 0 saturated carbocycles. The van der Waals surface area contributed by atoms with Crippen LogP contribution in [0.2, 0.25) is 0 Å². The van der Waals surface area contributed by atoms with Gasteiger partial charge in [-0.05, 0) is 34.5 Å². The summed E-state index contributed by atoms with van der Waals surface area (Å²) in [5.74, 6) is -0.552. The average molecular weight is 360 g/mol. The maximum absolute atomic E-state index is 12.5. The molecule has 0 bridgehead atoms. The molecule has 9 heteroatoms. The summed E-state index contributed by atoms with van der Waals surface area (Å²) in [4.78, 5) is 15.3. The molecule has 130 valence electrons. The third-order valence-corrected chi connectivity index (χ3v) is 3.79. The number of rotatable bonds is 7. The number of alkyl halides is 3. The number of thiophene rings is 1. The van der Waals surface area contributed by atoms with Crippen molar-refractivity contribution >= 4 is 17.2 Å². The number of carbonyl (C=O) groups excluding carboxylic acids is 1. The second-order valence-corrected chi connectivity index (χ2v) is 5.56. The molecule has 0 fully saturated rings. The van der Waals surface area contributed by atoms with Gasteiger partial charge in [0, 0.05) is 12.7 Å². The van der Waals surface area contributed by atoms with E-state index >= 15 is 0 Å². The normalized spacial score (nSPS) is 12.8. The molecular weight excluding hydrogens is 345 g/mol. The van der Waals surface area contributed by atoms with E-state index in [-0.39, 0.29) is 25.3 Å². The SMILES string of the molecule is O=C(NCC(OCCO)c1ccsc1)c1ccc(C(F)(F)F)nc1. The van der Waals surface area contributed by atoms with E-state index in [4.69, 9.17) is 9.84 Å². The van der Waals surface area contributed by atoms with Gasteiger partial charge in [0.05, 0.1) is 18.8 Å². The first kappa shape index (κ1) is 18.4. The Morgan fingerprint density at radius 2 is 2.17 bits per heavy atom. The molecule has 2 aromatic heterocycles. The highest BCUT2D eigenvalue weighted by molar-refractivity contribution is 7.07. The van der Waals surface area contributed by atoms with Gasteiger partial charge in [-0.15, -0.1) is 0 Å². The van der Waals surface area contributed by atoms with Gasteiger partial charge < -0.3 is 15.2 Å². The summed E-state index contributed by atoms with van der Waals surface area (Å²) in [5.41, 5.74) is -0.185. The van der Waals surface area contributed by atoms with Crippen molar-refractivity contribution in [1.29, 1.82) is 0 Å². The number of amides is 1. The van der Waals surface area contributed by atoms with Crippen molar-refractivity contribution in [3.63, 3.8) is 0 Å². The Kier molecular flexibility index (Phi) is 6.29. The third-order valence-electron chi connectivity index (χ3n) is 3.09. The number of carbonyl (C=O) groups is 1. The quantitative estimate of drug-likeness (QED) is 0.796. The Balaban J connectivity index is 1.97. The number of ether oxygens (including phenoxy) is 1. The first-order valence-corrected chi connectivity index (χ1v) is 7.92. The van der Waals surface area contributed by atoms with Crippen molar-refractivity contribution in [1.82, 2.24) is 10.3 Å². The molecule has 2 N–H and O–H groups in total. The van der Waals surface area contributed by atoms with E-state index in [9.17, 15) is 18.0 Å². The van der Waals surface area contributed by atoms with Gasteiger partial charge >= 0.3 is 6.18 Å². The molecule has 2 aromatic rings. The van der Waals surface area contributed by atoms with Crippen LogP contribution in [0, 0.1) is 0 Å². The van der Waals surface area contributed by atoms with Gasteiger partial charge in [-0.25, -0.2) is 0 Å². The van der Waals surface area contributed by atoms with Crippen LogP contribution in [0.5, 0.6) is 0 Å². The van der Waals surface area contributed by atoms with E-state index < -0.39 is 23.9 Å². The van der Waals surface area contributed by atoms with E-state index in [1.807, 2.05) is 16.8 Å². The Hall–Kier alpha value is -1.97. The number of aliphatic hydroxyl groups is 1. The van der Waals surface area contributed by atoms with E-state index in [0.717, 1.165) is 23.9 Å². The molecule has 1 atom stereocenters. The Bertz CT molecular complexity index is 645. The fraction of sp³-hybridized carbons (Fsp3) is 0.333. The molecule has 0 aliphatic carbocycles. The zero-order chi connectivity index (χ0) is 17.6. The van der Waals surface area contributed by atoms with Crippen LogP contribution in [0.25, 0.3) is 0 Å². The first-order valence-electron chi connectivity index (χ1n) is 6.98. The number of halogens is 3. The molecule has 0 aliphatic rings. The standard InChI is InChI=1S/C15H15F3N2O3S/c16-15(17,18)13-2-1-10(7-19-13)14(22)20-8-12(23-5-4-21)11-3-6-24-9-11/h1-3,6-7,9,12,21H,4-5,8H2,(H,20,22). The summed E-state index contributed by atoms with van der Waals surface area (Å²) in [5, 5.41) is 15.2. The summed E-state index contributed by atoms with van der Waals surface area (Å²) >= 11 is 1.46. The van der Waals surface area contributed by atoms with Gasteiger partial charge in [-0.3, -0.25) is 9.78 Å². The highest BCUT2D eigenvalue weighted by Gasteiger charge is 2.32. The van der Waals surface area contributed by atoms with Crippen LogP contribution in [0.4, 0.5) is 13.2 Å². The number of hydrogen-bond acceptors (Lipinski definition) is 5. The lowest BCUT2D eigenvalue weighted by Gasteiger charge is -2.17. The monoisotopic (exact) mass is 360 g/mol. The molecule has 2 heterocycles. The van der Waals surface area contributed by atoms with Crippen LogP contribution in [0.1, 0.15) is 27.7 Å². The van der Waals surface area contributed by atoms with Crippen molar-refractivity contribution in [2.75, 3.05) is 19.8 Å². The predicted octanol–water partition coefficient (Wildman–Crippen LogP) is 2.64. The summed E-state index contributed by atoms with van der Waals surface area (Å²) < 4.78 is 42.8. The van der Waals surface area contributed by atoms with Gasteiger partial charge in [0.15, 0.2) is 0 Å². The van der Waals surface area contributed by atoms with Crippen LogP contribution in [-0.4, -0.2) is 35.8 Å². The Morgan fingerprint density at radius 3 is 2.71 bits per heavy atom. The number of aliphatic hydroxyl groups excluding tert-OH is 1. The summed E-state index contributed by atoms with van der Waals surface area (Å²) in [7, 11) is 0. The maximum atomic E-state index is 12.5. The van der Waals surface area contributed by atoms with Gasteiger partial charge in [0.25, 0.3) is 5.91 Å². The van der Waals surface area contributed by atoms with Crippen molar-refractivity contribution < 1.29 is 27.8 Å². The summed E-state index contributed by atoms with van der Waals surface area (Å²) in [6.07, 6.45) is -4.11. The van der Waals surface area contributed by atoms with Crippen molar-refractivity contribution in [2.45, 2.75) is 12.3 Å². The molecule has 0 spiro atoms. The van der Waals surface area contributed by atoms with Crippen LogP contribution >= 0.6 is 11.3 Å². The lowest BCUT2D eigenvalue weighted by molar-refractivity contribution is -0.141. The average Bonchev–Trinajstić information content (AvgIpc) is 3.08. The molecule has 24 heavy (non-hydrogen) atoms. The second kappa shape index (κ2) is 8.22. The van der Waals surface area contributed by atoms with Gasteiger partial charge in [-0.1, -0.05) is 0 Å². The molecular formula is C15H15F3N2O3S. The summed E-state index contributed by atoms with van der Waals surface area (Å²) in [6, 6.07) is 3.66. The Morgan fingerprint density at radius 1 is 1.38 bits per heavy atom. The number of nitrogens with one attached hydrogen (secondary N) is 1. The number of nitrogens with zero attached hydrogens (tertiary/aromatic N) is 1. The van der Waals surface area contributed by atoms with Crippen molar-refractivity contribution in [2.24, 2.45) is 0 Å². The second-order valence-electron chi connectivity index (χ2n) is 4.78. The largest absolute Gasteiger partial charge is 0.433 e. The van der Waals surface area contributed by atoms with Crippen LogP contribution in [0.15, 0.2) is 35.2 Å². The maximum Gasteiger partial charge on any atom is 0.433 e. The number of aromatic nitrogens is 1. The first-order chi connectivity index (χ1) is 11.4. The van der Waals surface area contributed by atoms with E-state index in [1.165, 1.54) is 11.3 Å². The molecule has 0 aliphatic heterocycles.